The van der Waals surface area contributed by atoms with Crippen LogP contribution in [-0.4, -0.2) is 63.3 Å². The summed E-state index contributed by atoms with van der Waals surface area (Å²) in [6.07, 6.45) is 7.82. The Bertz CT molecular complexity index is 1290. The lowest BCUT2D eigenvalue weighted by Crippen LogP contribution is -2.57. The summed E-state index contributed by atoms with van der Waals surface area (Å²) in [6, 6.07) is 12.5. The van der Waals surface area contributed by atoms with Gasteiger partial charge in [0, 0.05) is 61.2 Å². The average Bonchev–Trinajstić information content (AvgIpc) is 3.05. The summed E-state index contributed by atoms with van der Waals surface area (Å²) in [7, 11) is 0. The van der Waals surface area contributed by atoms with Crippen molar-refractivity contribution in [2.45, 2.75) is 64.6 Å². The summed E-state index contributed by atoms with van der Waals surface area (Å²) in [5.41, 5.74) is 6.99. The molecule has 2 aromatic heterocycles. The molecule has 0 saturated carbocycles. The number of carbonyl (C=O) groups is 2. The van der Waals surface area contributed by atoms with Crippen molar-refractivity contribution in [1.29, 1.82) is 0 Å². The van der Waals surface area contributed by atoms with Crippen LogP contribution in [0.2, 0.25) is 0 Å². The standard InChI is InChI=1S/C31H36BrN5O2/c1-20(2)35-28(38)16-26-19-36(29(39)14-22-5-4-10-33-17-22)11-12-37(26)31-27-9-6-21(3)13-23(27)7-8-24-15-25(32)18-34-30(24)31/h4-6,9-10,13,15,17-18,20,26,31H,7-8,11-12,14,16,19H2,1-3H3,(H,35,38). The third-order valence-corrected chi connectivity index (χ3v) is 8.08. The number of halogens is 1. The highest BCUT2D eigenvalue weighted by atomic mass is 79.9. The van der Waals surface area contributed by atoms with Crippen molar-refractivity contribution in [3.8, 4) is 0 Å². The van der Waals surface area contributed by atoms with E-state index < -0.39 is 0 Å². The number of hydrogen-bond donors (Lipinski definition) is 1. The van der Waals surface area contributed by atoms with E-state index in [4.69, 9.17) is 4.98 Å². The Morgan fingerprint density at radius 3 is 2.69 bits per heavy atom. The summed E-state index contributed by atoms with van der Waals surface area (Å²) >= 11 is 3.62. The highest BCUT2D eigenvalue weighted by Gasteiger charge is 2.39. The predicted molar refractivity (Wildman–Crippen MR) is 155 cm³/mol. The maximum Gasteiger partial charge on any atom is 0.227 e. The fraction of sp³-hybridized carbons (Fsp3) is 0.419. The molecule has 8 heteroatoms. The monoisotopic (exact) mass is 589 g/mol. The Morgan fingerprint density at radius 1 is 1.10 bits per heavy atom. The van der Waals surface area contributed by atoms with E-state index in [1.54, 1.807) is 12.4 Å². The summed E-state index contributed by atoms with van der Waals surface area (Å²) in [6.45, 7) is 7.84. The number of rotatable bonds is 6. The van der Waals surface area contributed by atoms with Crippen LogP contribution in [-0.2, 0) is 28.9 Å². The van der Waals surface area contributed by atoms with Crippen LogP contribution in [0, 0.1) is 6.92 Å². The molecule has 0 bridgehead atoms. The number of nitrogens with one attached hydrogen (secondary N) is 1. The van der Waals surface area contributed by atoms with Gasteiger partial charge in [0.05, 0.1) is 18.2 Å². The van der Waals surface area contributed by atoms with E-state index in [0.29, 0.717) is 32.5 Å². The van der Waals surface area contributed by atoms with E-state index in [0.717, 1.165) is 28.6 Å². The second kappa shape index (κ2) is 12.0. The number of piperazine rings is 1. The van der Waals surface area contributed by atoms with Crippen molar-refractivity contribution in [3.63, 3.8) is 0 Å². The van der Waals surface area contributed by atoms with E-state index in [-0.39, 0.29) is 29.9 Å². The molecule has 3 heterocycles. The quantitative estimate of drug-likeness (QED) is 0.461. The Morgan fingerprint density at radius 2 is 1.92 bits per heavy atom. The Hall–Kier alpha value is -3.10. The first-order valence-corrected chi connectivity index (χ1v) is 14.5. The van der Waals surface area contributed by atoms with Gasteiger partial charge in [-0.15, -0.1) is 0 Å². The van der Waals surface area contributed by atoms with Gasteiger partial charge in [0.15, 0.2) is 0 Å². The van der Waals surface area contributed by atoms with E-state index in [9.17, 15) is 9.59 Å². The van der Waals surface area contributed by atoms with Gasteiger partial charge in [0.1, 0.15) is 0 Å². The van der Waals surface area contributed by atoms with Gasteiger partial charge in [-0.3, -0.25) is 24.5 Å². The Labute approximate surface area is 239 Å². The van der Waals surface area contributed by atoms with E-state index in [2.05, 4.69) is 62.3 Å². The van der Waals surface area contributed by atoms with Crippen molar-refractivity contribution >= 4 is 27.7 Å². The van der Waals surface area contributed by atoms with Gasteiger partial charge >= 0.3 is 0 Å². The minimum absolute atomic E-state index is 0.00305. The summed E-state index contributed by atoms with van der Waals surface area (Å²) < 4.78 is 0.973. The number of amides is 2. The maximum absolute atomic E-state index is 13.3. The van der Waals surface area contributed by atoms with Crippen LogP contribution in [0.3, 0.4) is 0 Å². The molecule has 7 nitrogen and oxygen atoms in total. The SMILES string of the molecule is Cc1ccc2c(c1)CCc1cc(Br)cnc1C2N1CCN(C(=O)Cc2cccnc2)CC1CC(=O)NC(C)C. The van der Waals surface area contributed by atoms with Gasteiger partial charge in [-0.1, -0.05) is 29.8 Å². The van der Waals surface area contributed by atoms with Crippen LogP contribution in [0.1, 0.15) is 59.8 Å². The number of aryl methyl sites for hydroxylation is 3. The van der Waals surface area contributed by atoms with Crippen molar-refractivity contribution in [2.24, 2.45) is 0 Å². The Balaban J connectivity index is 1.50. The fourth-order valence-electron chi connectivity index (χ4n) is 5.91. The second-order valence-electron chi connectivity index (χ2n) is 11.0. The van der Waals surface area contributed by atoms with Crippen molar-refractivity contribution in [3.05, 3.63) is 93.0 Å². The van der Waals surface area contributed by atoms with Crippen molar-refractivity contribution in [2.75, 3.05) is 19.6 Å². The lowest BCUT2D eigenvalue weighted by molar-refractivity contribution is -0.135. The third-order valence-electron chi connectivity index (χ3n) is 7.65. The molecule has 204 valence electrons. The first kappa shape index (κ1) is 27.5. The number of pyridine rings is 2. The van der Waals surface area contributed by atoms with E-state index in [1.807, 2.05) is 37.1 Å². The molecule has 5 rings (SSSR count). The van der Waals surface area contributed by atoms with Crippen LogP contribution < -0.4 is 5.32 Å². The smallest absolute Gasteiger partial charge is 0.227 e. The largest absolute Gasteiger partial charge is 0.354 e. The van der Waals surface area contributed by atoms with Gasteiger partial charge in [-0.25, -0.2) is 0 Å². The number of benzene rings is 1. The summed E-state index contributed by atoms with van der Waals surface area (Å²) in [4.78, 5) is 39.9. The zero-order chi connectivity index (χ0) is 27.5. The van der Waals surface area contributed by atoms with E-state index >= 15 is 0 Å². The van der Waals surface area contributed by atoms with Crippen LogP contribution in [0.15, 0.2) is 59.5 Å². The zero-order valence-electron chi connectivity index (χ0n) is 22.9. The van der Waals surface area contributed by atoms with Gasteiger partial charge in [-0.05, 0) is 83.9 Å². The molecule has 1 aliphatic carbocycles. The van der Waals surface area contributed by atoms with Gasteiger partial charge in [0.25, 0.3) is 0 Å². The molecule has 2 amide bonds. The highest BCUT2D eigenvalue weighted by Crippen LogP contribution is 2.39. The molecule has 0 radical (unpaired) electrons. The number of carbonyl (C=O) groups excluding carboxylic acids is 2. The summed E-state index contributed by atoms with van der Waals surface area (Å²) in [5.74, 6) is 0.0690. The van der Waals surface area contributed by atoms with Crippen LogP contribution in [0.25, 0.3) is 0 Å². The molecule has 3 aromatic rings. The van der Waals surface area contributed by atoms with Crippen LogP contribution in [0.5, 0.6) is 0 Å². The highest BCUT2D eigenvalue weighted by molar-refractivity contribution is 9.10. The number of hydrogen-bond acceptors (Lipinski definition) is 5. The van der Waals surface area contributed by atoms with Gasteiger partial charge in [-0.2, -0.15) is 0 Å². The molecule has 2 unspecified atom stereocenters. The maximum atomic E-state index is 13.3. The van der Waals surface area contributed by atoms with Crippen molar-refractivity contribution in [1.82, 2.24) is 25.1 Å². The molecule has 2 aliphatic rings. The predicted octanol–water partition coefficient (Wildman–Crippen LogP) is 4.41. The van der Waals surface area contributed by atoms with Gasteiger partial charge in [0.2, 0.25) is 11.8 Å². The first-order valence-electron chi connectivity index (χ1n) is 13.7. The molecule has 1 fully saturated rings. The lowest BCUT2D eigenvalue weighted by atomic mass is 9.92. The minimum atomic E-state index is -0.147. The third kappa shape index (κ3) is 6.39. The Kier molecular flexibility index (Phi) is 8.43. The molecule has 1 N–H and O–H groups in total. The minimum Gasteiger partial charge on any atom is -0.354 e. The zero-order valence-corrected chi connectivity index (χ0v) is 24.4. The molecule has 1 aliphatic heterocycles. The molecular formula is C31H36BrN5O2. The molecular weight excluding hydrogens is 554 g/mol. The van der Waals surface area contributed by atoms with E-state index in [1.165, 1.54) is 22.3 Å². The normalized spacial score (nSPS) is 19.3. The molecule has 0 spiro atoms. The molecule has 1 aromatic carbocycles. The topological polar surface area (TPSA) is 78.4 Å². The molecule has 39 heavy (non-hydrogen) atoms. The van der Waals surface area contributed by atoms with Crippen molar-refractivity contribution < 1.29 is 9.59 Å². The second-order valence-corrected chi connectivity index (χ2v) is 11.9. The fourth-order valence-corrected chi connectivity index (χ4v) is 6.29. The first-order chi connectivity index (χ1) is 18.8. The molecule has 1 saturated heterocycles. The van der Waals surface area contributed by atoms with Crippen LogP contribution in [0.4, 0.5) is 0 Å². The molecule has 2 atom stereocenters. The average molecular weight is 591 g/mol. The van der Waals surface area contributed by atoms with Crippen LogP contribution >= 0.6 is 15.9 Å². The number of aromatic nitrogens is 2. The van der Waals surface area contributed by atoms with Gasteiger partial charge < -0.3 is 10.2 Å². The lowest BCUT2D eigenvalue weighted by Gasteiger charge is -2.45. The number of fused-ring (bicyclic) bond motifs is 2. The summed E-state index contributed by atoms with van der Waals surface area (Å²) in [5, 5.41) is 3.06. The number of nitrogens with zero attached hydrogens (tertiary/aromatic N) is 4.